The highest BCUT2D eigenvalue weighted by molar-refractivity contribution is 6.04. The maximum Gasteiger partial charge on any atom is 0.257 e. The van der Waals surface area contributed by atoms with Crippen LogP contribution >= 0.6 is 0 Å². The number of morpholine rings is 1. The van der Waals surface area contributed by atoms with Crippen molar-refractivity contribution in [3.8, 4) is 22.8 Å². The molecule has 2 aliphatic heterocycles. The number of rotatable bonds is 14. The third-order valence-electron chi connectivity index (χ3n) is 11.9. The maximum absolute atomic E-state index is 14.6. The molecule has 4 heterocycles. The molecule has 0 unspecified atom stereocenters. The molecule has 3 amide bonds. The lowest BCUT2D eigenvalue weighted by molar-refractivity contribution is -0.123. The number of aromatic amines is 1. The number of piperazine rings is 1. The second-order valence-corrected chi connectivity index (χ2v) is 16.9. The van der Waals surface area contributed by atoms with E-state index in [9.17, 15) is 18.8 Å². The molecule has 62 heavy (non-hydrogen) atoms. The van der Waals surface area contributed by atoms with Crippen LogP contribution in [-0.2, 0) is 22.6 Å². The Hall–Kier alpha value is -5.74. The minimum absolute atomic E-state index is 0.00921. The Kier molecular flexibility index (Phi) is 13.8. The van der Waals surface area contributed by atoms with Crippen LogP contribution in [0.25, 0.3) is 22.2 Å². The van der Waals surface area contributed by atoms with Crippen molar-refractivity contribution in [2.75, 3.05) is 59.0 Å². The smallest absolute Gasteiger partial charge is 0.257 e. The van der Waals surface area contributed by atoms with Gasteiger partial charge in [-0.1, -0.05) is 36.4 Å². The molecule has 1 saturated carbocycles. The van der Waals surface area contributed by atoms with Gasteiger partial charge in [0.25, 0.3) is 11.8 Å². The fraction of sp³-hybridized carbons (Fsp3) is 0.426. The summed E-state index contributed by atoms with van der Waals surface area (Å²) in [5, 5.41) is 9.18. The van der Waals surface area contributed by atoms with Gasteiger partial charge in [-0.15, -0.1) is 0 Å². The minimum Gasteiger partial charge on any atom is -0.438 e. The van der Waals surface area contributed by atoms with Gasteiger partial charge in [-0.3, -0.25) is 29.1 Å². The van der Waals surface area contributed by atoms with Gasteiger partial charge in [-0.25, -0.2) is 14.4 Å². The molecule has 0 spiro atoms. The van der Waals surface area contributed by atoms with Crippen LogP contribution in [0.4, 0.5) is 4.39 Å². The van der Waals surface area contributed by atoms with Gasteiger partial charge in [0.1, 0.15) is 22.6 Å². The van der Waals surface area contributed by atoms with Gasteiger partial charge >= 0.3 is 0 Å². The van der Waals surface area contributed by atoms with E-state index in [1.54, 1.807) is 18.5 Å². The summed E-state index contributed by atoms with van der Waals surface area (Å²) in [5.74, 6) is -0.732. The van der Waals surface area contributed by atoms with E-state index in [-0.39, 0.29) is 41.4 Å². The maximum atomic E-state index is 14.6. The Bertz CT molecular complexity index is 2350. The number of imidazole rings is 1. The largest absolute Gasteiger partial charge is 0.438 e. The number of ether oxygens (including phenoxy) is 2. The van der Waals surface area contributed by atoms with E-state index in [1.807, 2.05) is 44.2 Å². The predicted octanol–water partition coefficient (Wildman–Crippen LogP) is 5.50. The van der Waals surface area contributed by atoms with Crippen molar-refractivity contribution in [1.82, 2.24) is 45.6 Å². The van der Waals surface area contributed by atoms with Crippen molar-refractivity contribution in [2.24, 2.45) is 0 Å². The Morgan fingerprint density at radius 2 is 1.50 bits per heavy atom. The predicted molar refractivity (Wildman–Crippen MR) is 234 cm³/mol. The van der Waals surface area contributed by atoms with E-state index < -0.39 is 11.7 Å². The van der Waals surface area contributed by atoms with Crippen LogP contribution in [0.2, 0.25) is 0 Å². The van der Waals surface area contributed by atoms with Crippen LogP contribution in [0.5, 0.6) is 11.6 Å². The minimum atomic E-state index is -0.640. The number of nitrogens with one attached hydrogen (secondary N) is 4. The summed E-state index contributed by atoms with van der Waals surface area (Å²) >= 11 is 0. The monoisotopic (exact) mass is 845 g/mol. The summed E-state index contributed by atoms with van der Waals surface area (Å²) in [6.45, 7) is 12.5. The number of hydrogen-bond acceptors (Lipinski definition) is 10. The zero-order valence-corrected chi connectivity index (χ0v) is 35.5. The summed E-state index contributed by atoms with van der Waals surface area (Å²) in [4.78, 5) is 57.8. The Labute approximate surface area is 361 Å². The molecule has 2 saturated heterocycles. The van der Waals surface area contributed by atoms with E-state index in [0.717, 1.165) is 81.3 Å². The van der Waals surface area contributed by atoms with E-state index in [2.05, 4.69) is 63.8 Å². The third-order valence-corrected chi connectivity index (χ3v) is 11.9. The number of pyridine rings is 1. The molecule has 3 fully saturated rings. The van der Waals surface area contributed by atoms with Crippen molar-refractivity contribution >= 4 is 28.8 Å². The van der Waals surface area contributed by atoms with Gasteiger partial charge in [0.2, 0.25) is 11.8 Å². The lowest BCUT2D eigenvalue weighted by Gasteiger charge is -2.34. The standard InChI is InChI=1S/C47H56FN9O5/c1-31(2)52-43(58)29-56-17-15-55(16-18-56)27-32-9-14-39(34(23-32)28-57-19-21-61-22-20-57)33-5-3-6-38(24-33)62-47-41(25-35(48)26-49-47)46(60)54-37-12-10-36(11-13-37)53-45(59)40-7-4-8-42-44(40)51-30-50-42/h3-9,14,23-26,30-31,36-37H,10-13,15-22,27-29H2,1-2H3,(H,50,51)(H,52,58)(H,53,59)(H,54,60)/t36-,37+. The first-order chi connectivity index (χ1) is 30.1. The van der Waals surface area contributed by atoms with E-state index >= 15 is 0 Å². The number of fused-ring (bicyclic) bond motifs is 1. The van der Waals surface area contributed by atoms with Gasteiger partial charge < -0.3 is 30.4 Å². The Balaban J connectivity index is 0.914. The molecule has 8 rings (SSSR count). The molecular weight excluding hydrogens is 790 g/mol. The zero-order chi connectivity index (χ0) is 43.0. The van der Waals surface area contributed by atoms with Crippen LogP contribution in [-0.4, -0.2) is 125 Å². The molecule has 14 nitrogen and oxygen atoms in total. The second-order valence-electron chi connectivity index (χ2n) is 16.9. The molecule has 15 heteroatoms. The van der Waals surface area contributed by atoms with Crippen LogP contribution in [0, 0.1) is 5.82 Å². The molecule has 326 valence electrons. The molecule has 2 aromatic heterocycles. The van der Waals surface area contributed by atoms with Gasteiger partial charge in [0.05, 0.1) is 43.4 Å². The SMILES string of the molecule is CC(C)NC(=O)CN1CCN(Cc2ccc(-c3cccc(Oc4ncc(F)cc4C(=O)N[C@H]4CC[C@@H](NC(=O)c5cccc6[nH]cnc56)CC4)c3)c(CN3CCOCC3)c2)CC1. The highest BCUT2D eigenvalue weighted by atomic mass is 19.1. The average molecular weight is 846 g/mol. The summed E-state index contributed by atoms with van der Waals surface area (Å²) in [6, 6.07) is 20.9. The zero-order valence-electron chi connectivity index (χ0n) is 35.5. The van der Waals surface area contributed by atoms with Crippen molar-refractivity contribution in [1.29, 1.82) is 0 Å². The fourth-order valence-electron chi connectivity index (χ4n) is 8.66. The van der Waals surface area contributed by atoms with E-state index in [4.69, 9.17) is 9.47 Å². The number of nitrogens with zero attached hydrogens (tertiary/aromatic N) is 5. The van der Waals surface area contributed by atoms with Crippen molar-refractivity contribution in [3.05, 3.63) is 107 Å². The fourth-order valence-corrected chi connectivity index (χ4v) is 8.66. The number of carbonyl (C=O) groups excluding carboxylic acids is 3. The average Bonchev–Trinajstić information content (AvgIpc) is 3.76. The van der Waals surface area contributed by atoms with E-state index in [0.29, 0.717) is 62.3 Å². The first-order valence-electron chi connectivity index (χ1n) is 21.8. The summed E-state index contributed by atoms with van der Waals surface area (Å²) < 4.78 is 26.6. The lowest BCUT2D eigenvalue weighted by atomic mass is 9.90. The molecule has 3 aromatic carbocycles. The Morgan fingerprint density at radius 3 is 2.24 bits per heavy atom. The molecular formula is C47H56FN9O5. The van der Waals surface area contributed by atoms with Gasteiger partial charge in [0.15, 0.2) is 0 Å². The van der Waals surface area contributed by atoms with Crippen LogP contribution in [0.1, 0.15) is 71.4 Å². The normalized spacial score (nSPS) is 19.0. The van der Waals surface area contributed by atoms with Gasteiger partial charge in [-0.2, -0.15) is 0 Å². The lowest BCUT2D eigenvalue weighted by Crippen LogP contribution is -2.49. The highest BCUT2D eigenvalue weighted by Crippen LogP contribution is 2.32. The topological polar surface area (TPSA) is 157 Å². The number of halogens is 1. The second kappa shape index (κ2) is 20.0. The number of hydrogen-bond donors (Lipinski definition) is 4. The van der Waals surface area contributed by atoms with Crippen molar-refractivity contribution in [3.63, 3.8) is 0 Å². The molecule has 4 N–H and O–H groups in total. The number of aromatic nitrogens is 3. The number of H-pyrrole nitrogens is 1. The summed E-state index contributed by atoms with van der Waals surface area (Å²) in [5.41, 5.74) is 6.39. The number of para-hydroxylation sites is 1. The van der Waals surface area contributed by atoms with Gasteiger partial charge in [0, 0.05) is 70.5 Å². The highest BCUT2D eigenvalue weighted by Gasteiger charge is 2.27. The van der Waals surface area contributed by atoms with E-state index in [1.165, 1.54) is 11.1 Å². The molecule has 0 radical (unpaired) electrons. The van der Waals surface area contributed by atoms with Crippen LogP contribution in [0.3, 0.4) is 0 Å². The van der Waals surface area contributed by atoms with Crippen LogP contribution in [0.15, 0.2) is 79.3 Å². The molecule has 3 aliphatic rings. The molecule has 1 aliphatic carbocycles. The summed E-state index contributed by atoms with van der Waals surface area (Å²) in [6.07, 6.45) is 5.27. The number of carbonyl (C=O) groups is 3. The van der Waals surface area contributed by atoms with Crippen molar-refractivity contribution in [2.45, 2.75) is 70.7 Å². The first-order valence-corrected chi connectivity index (χ1v) is 21.8. The quantitative estimate of drug-likeness (QED) is 0.113. The molecule has 0 bridgehead atoms. The van der Waals surface area contributed by atoms with Crippen LogP contribution < -0.4 is 20.7 Å². The Morgan fingerprint density at radius 1 is 0.806 bits per heavy atom. The molecule has 0 atom stereocenters. The van der Waals surface area contributed by atoms with Gasteiger partial charge in [-0.05, 0) is 92.1 Å². The third kappa shape index (κ3) is 11.0. The molecule has 5 aromatic rings. The summed E-state index contributed by atoms with van der Waals surface area (Å²) in [7, 11) is 0. The number of benzene rings is 3. The van der Waals surface area contributed by atoms with Crippen molar-refractivity contribution < 1.29 is 28.2 Å². The first kappa shape index (κ1) is 42.9. The number of amides is 3.